The first-order valence-corrected chi connectivity index (χ1v) is 14.3. The first-order valence-electron chi connectivity index (χ1n) is 14.3. The van der Waals surface area contributed by atoms with Crippen LogP contribution in [0.2, 0.25) is 0 Å². The summed E-state index contributed by atoms with van der Waals surface area (Å²) in [4.78, 5) is 33.1. The topological polar surface area (TPSA) is 113 Å². The molecular formula is C34H37F2NO7. The molecule has 44 heavy (non-hydrogen) atoms. The molecule has 4 rings (SSSR count). The van der Waals surface area contributed by atoms with Gasteiger partial charge in [0.25, 0.3) is 0 Å². The van der Waals surface area contributed by atoms with Crippen LogP contribution in [0.3, 0.4) is 0 Å². The van der Waals surface area contributed by atoms with E-state index in [1.807, 2.05) is 12.1 Å². The zero-order valence-electron chi connectivity index (χ0n) is 24.7. The van der Waals surface area contributed by atoms with Crippen LogP contribution < -0.4 is 9.47 Å². The Kier molecular flexibility index (Phi) is 13.0. The minimum Gasteiger partial charge on any atom is -0.493 e. The van der Waals surface area contributed by atoms with Crippen molar-refractivity contribution < 1.29 is 42.9 Å². The highest BCUT2D eigenvalue weighted by Crippen LogP contribution is 2.38. The predicted molar refractivity (Wildman–Crippen MR) is 161 cm³/mol. The van der Waals surface area contributed by atoms with Crippen LogP contribution in [0, 0.1) is 17.6 Å². The third-order valence-electron chi connectivity index (χ3n) is 7.33. The Morgan fingerprint density at radius 2 is 1.45 bits per heavy atom. The standard InChI is InChI=1S/C30H33F2NO3.C4H4O4/c1-21(34)23-10-11-28(29(20-23)35-2)36-17-5-14-33-15-12-22(13-16-33)30(24-6-3-8-26(31)18-24)25-7-4-9-27(32)19-25;5-3(6)1-2-4(7)8/h3-4,6-11,18-20,22,30H,5,12-17H2,1-2H3;1-2H,(H,5,6)(H,7,8)/b;2-1+. The van der Waals surface area contributed by atoms with Crippen molar-refractivity contribution in [3.63, 3.8) is 0 Å². The maximum absolute atomic E-state index is 14.0. The number of carbonyl (C=O) groups is 3. The SMILES string of the molecule is COc1cc(C(C)=O)ccc1OCCCN1CCC(C(c2cccc(F)c2)c2cccc(F)c2)CC1.O=C(O)/C=C/C(=O)O. The van der Waals surface area contributed by atoms with E-state index in [0.29, 0.717) is 41.7 Å². The molecule has 234 valence electrons. The molecule has 8 nitrogen and oxygen atoms in total. The van der Waals surface area contributed by atoms with Crippen molar-refractivity contribution in [2.45, 2.75) is 32.1 Å². The highest BCUT2D eigenvalue weighted by Gasteiger charge is 2.29. The molecule has 1 aliphatic heterocycles. The molecule has 0 saturated carbocycles. The van der Waals surface area contributed by atoms with Crippen molar-refractivity contribution in [1.82, 2.24) is 4.90 Å². The van der Waals surface area contributed by atoms with Crippen molar-refractivity contribution >= 4 is 17.7 Å². The molecule has 3 aromatic rings. The summed E-state index contributed by atoms with van der Waals surface area (Å²) in [5.74, 6) is -1.59. The van der Waals surface area contributed by atoms with Gasteiger partial charge in [0.2, 0.25) is 0 Å². The normalized spacial score (nSPS) is 13.8. The van der Waals surface area contributed by atoms with Crippen LogP contribution in [0.25, 0.3) is 0 Å². The molecule has 0 radical (unpaired) electrons. The summed E-state index contributed by atoms with van der Waals surface area (Å²) in [6.45, 7) is 4.85. The van der Waals surface area contributed by atoms with Crippen LogP contribution in [-0.2, 0) is 9.59 Å². The van der Waals surface area contributed by atoms with Gasteiger partial charge < -0.3 is 24.6 Å². The number of methoxy groups -OCH3 is 1. The number of carboxylic acids is 2. The van der Waals surface area contributed by atoms with Crippen molar-refractivity contribution in [3.8, 4) is 11.5 Å². The zero-order chi connectivity index (χ0) is 32.1. The average Bonchev–Trinajstić information content (AvgIpc) is 2.99. The summed E-state index contributed by atoms with van der Waals surface area (Å²) in [6.07, 6.45) is 3.89. The van der Waals surface area contributed by atoms with Crippen LogP contribution in [0.1, 0.15) is 53.6 Å². The molecular weight excluding hydrogens is 572 g/mol. The second-order valence-corrected chi connectivity index (χ2v) is 10.4. The number of carbonyl (C=O) groups excluding carboxylic acids is 1. The number of hydrogen-bond donors (Lipinski definition) is 2. The summed E-state index contributed by atoms with van der Waals surface area (Å²) in [5, 5.41) is 15.6. The Hall–Kier alpha value is -4.57. The van der Waals surface area contributed by atoms with E-state index in [1.54, 1.807) is 49.6 Å². The molecule has 0 amide bonds. The van der Waals surface area contributed by atoms with Gasteiger partial charge >= 0.3 is 11.9 Å². The summed E-state index contributed by atoms with van der Waals surface area (Å²) in [6, 6.07) is 18.6. The van der Waals surface area contributed by atoms with Gasteiger partial charge in [0.1, 0.15) is 11.6 Å². The van der Waals surface area contributed by atoms with Crippen LogP contribution >= 0.6 is 0 Å². The maximum Gasteiger partial charge on any atom is 0.328 e. The molecule has 10 heteroatoms. The van der Waals surface area contributed by atoms with Crippen LogP contribution in [0.5, 0.6) is 11.5 Å². The van der Waals surface area contributed by atoms with Gasteiger partial charge in [-0.25, -0.2) is 18.4 Å². The van der Waals surface area contributed by atoms with Crippen LogP contribution in [0.4, 0.5) is 8.78 Å². The summed E-state index contributed by atoms with van der Waals surface area (Å²) in [7, 11) is 1.57. The number of likely N-dealkylation sites (tertiary alicyclic amines) is 1. The number of nitrogens with zero attached hydrogens (tertiary/aromatic N) is 1. The predicted octanol–water partition coefficient (Wildman–Crippen LogP) is 6.20. The van der Waals surface area contributed by atoms with Gasteiger partial charge in [0.15, 0.2) is 17.3 Å². The highest BCUT2D eigenvalue weighted by atomic mass is 19.1. The number of benzene rings is 3. The highest BCUT2D eigenvalue weighted by molar-refractivity contribution is 5.94. The number of ketones is 1. The number of aliphatic carboxylic acids is 2. The monoisotopic (exact) mass is 609 g/mol. The summed E-state index contributed by atoms with van der Waals surface area (Å²) in [5.41, 5.74) is 2.39. The number of rotatable bonds is 12. The van der Waals surface area contributed by atoms with Gasteiger partial charge in [0, 0.05) is 30.2 Å². The molecule has 0 atom stereocenters. The van der Waals surface area contributed by atoms with E-state index in [0.717, 1.165) is 50.0 Å². The quantitative estimate of drug-likeness (QED) is 0.142. The molecule has 0 spiro atoms. The van der Waals surface area contributed by atoms with Gasteiger partial charge in [-0.05, 0) is 98.8 Å². The molecule has 1 fully saturated rings. The van der Waals surface area contributed by atoms with E-state index >= 15 is 0 Å². The molecule has 1 aliphatic rings. The largest absolute Gasteiger partial charge is 0.493 e. The first kappa shape index (κ1) is 33.9. The first-order chi connectivity index (χ1) is 21.1. The lowest BCUT2D eigenvalue weighted by molar-refractivity contribution is -0.134. The minimum atomic E-state index is -1.26. The lowest BCUT2D eigenvalue weighted by Gasteiger charge is -2.36. The fraction of sp³-hybridized carbons (Fsp3) is 0.324. The Morgan fingerprint density at radius 1 is 0.886 bits per heavy atom. The zero-order valence-corrected chi connectivity index (χ0v) is 24.7. The fourth-order valence-corrected chi connectivity index (χ4v) is 5.27. The molecule has 3 aromatic carbocycles. The number of piperidine rings is 1. The maximum atomic E-state index is 14.0. The van der Waals surface area contributed by atoms with E-state index in [1.165, 1.54) is 19.1 Å². The molecule has 0 unspecified atom stereocenters. The molecule has 0 bridgehead atoms. The Bertz CT molecular complexity index is 1390. The average molecular weight is 610 g/mol. The van der Waals surface area contributed by atoms with Gasteiger partial charge in [-0.2, -0.15) is 0 Å². The minimum absolute atomic E-state index is 0.0136. The van der Waals surface area contributed by atoms with Crippen LogP contribution in [-0.4, -0.2) is 66.2 Å². The molecule has 1 saturated heterocycles. The number of halogens is 2. The van der Waals surface area contributed by atoms with E-state index < -0.39 is 11.9 Å². The Balaban J connectivity index is 0.000000583. The van der Waals surface area contributed by atoms with E-state index in [9.17, 15) is 23.2 Å². The molecule has 2 N–H and O–H groups in total. The smallest absolute Gasteiger partial charge is 0.328 e. The van der Waals surface area contributed by atoms with E-state index in [4.69, 9.17) is 19.7 Å². The van der Waals surface area contributed by atoms with E-state index in [2.05, 4.69) is 4.90 Å². The fourth-order valence-electron chi connectivity index (χ4n) is 5.27. The summed E-state index contributed by atoms with van der Waals surface area (Å²) < 4.78 is 39.4. The summed E-state index contributed by atoms with van der Waals surface area (Å²) >= 11 is 0. The third-order valence-corrected chi connectivity index (χ3v) is 7.33. The number of carboxylic acid groups (broad SMARTS) is 2. The van der Waals surface area contributed by atoms with Crippen LogP contribution in [0.15, 0.2) is 78.9 Å². The third kappa shape index (κ3) is 10.6. The molecule has 1 heterocycles. The second kappa shape index (κ2) is 16.9. The Morgan fingerprint density at radius 3 is 1.93 bits per heavy atom. The number of hydrogen-bond acceptors (Lipinski definition) is 6. The number of ether oxygens (including phenoxy) is 2. The second-order valence-electron chi connectivity index (χ2n) is 10.4. The Labute approximate surface area is 255 Å². The van der Waals surface area contributed by atoms with Gasteiger partial charge in [0.05, 0.1) is 13.7 Å². The van der Waals surface area contributed by atoms with Crippen molar-refractivity contribution in [2.24, 2.45) is 5.92 Å². The van der Waals surface area contributed by atoms with Crippen molar-refractivity contribution in [2.75, 3.05) is 33.4 Å². The van der Waals surface area contributed by atoms with Crippen molar-refractivity contribution in [3.05, 3.63) is 107 Å². The van der Waals surface area contributed by atoms with Gasteiger partial charge in [-0.1, -0.05) is 24.3 Å². The molecule has 0 aliphatic carbocycles. The lowest BCUT2D eigenvalue weighted by Crippen LogP contribution is -2.37. The van der Waals surface area contributed by atoms with Crippen molar-refractivity contribution in [1.29, 1.82) is 0 Å². The van der Waals surface area contributed by atoms with Gasteiger partial charge in [-0.3, -0.25) is 4.79 Å². The lowest BCUT2D eigenvalue weighted by atomic mass is 9.76. The van der Waals surface area contributed by atoms with E-state index in [-0.39, 0.29) is 23.3 Å². The molecule has 0 aromatic heterocycles. The number of Topliss-reactive ketones (excluding diaryl/α,β-unsaturated/α-hetero) is 1. The van der Waals surface area contributed by atoms with Gasteiger partial charge in [-0.15, -0.1) is 0 Å².